The Labute approximate surface area is 82.5 Å². The summed E-state index contributed by atoms with van der Waals surface area (Å²) < 4.78 is 16.2. The topological polar surface area (TPSA) is 44.8 Å². The molecule has 0 unspecified atom stereocenters. The van der Waals surface area contributed by atoms with E-state index in [2.05, 4.69) is 0 Å². The third-order valence-corrected chi connectivity index (χ3v) is 3.49. The van der Waals surface area contributed by atoms with Gasteiger partial charge in [-0.1, -0.05) is 0 Å². The number of esters is 1. The maximum Gasteiger partial charge on any atom is 0.306 e. The number of carbonyl (C=O) groups excluding carboxylic acids is 1. The summed E-state index contributed by atoms with van der Waals surface area (Å²) in [6, 6.07) is 0. The molecule has 4 nitrogen and oxygen atoms in total. The van der Waals surface area contributed by atoms with Crippen molar-refractivity contribution in [3.8, 4) is 0 Å². The van der Waals surface area contributed by atoms with Gasteiger partial charge in [0.15, 0.2) is 6.29 Å². The second-order valence-electron chi connectivity index (χ2n) is 4.25. The van der Waals surface area contributed by atoms with Crippen molar-refractivity contribution in [2.75, 3.05) is 13.2 Å². The molecular formula is C10H14O4. The predicted molar refractivity (Wildman–Crippen MR) is 46.4 cm³/mol. The monoisotopic (exact) mass is 198 g/mol. The molecule has 3 rings (SSSR count). The highest BCUT2D eigenvalue weighted by Crippen LogP contribution is 2.44. The van der Waals surface area contributed by atoms with Crippen LogP contribution >= 0.6 is 0 Å². The third-order valence-electron chi connectivity index (χ3n) is 3.49. The molecular weight excluding hydrogens is 184 g/mol. The maximum absolute atomic E-state index is 11.1. The Morgan fingerprint density at radius 1 is 1.07 bits per heavy atom. The Hall–Kier alpha value is -0.610. The molecule has 0 aromatic rings. The highest BCUT2D eigenvalue weighted by Gasteiger charge is 2.48. The van der Waals surface area contributed by atoms with Gasteiger partial charge < -0.3 is 14.2 Å². The summed E-state index contributed by atoms with van der Waals surface area (Å²) in [5, 5.41) is 0. The van der Waals surface area contributed by atoms with E-state index >= 15 is 0 Å². The number of hydrogen-bond acceptors (Lipinski definition) is 4. The van der Waals surface area contributed by atoms with Crippen LogP contribution in [0.1, 0.15) is 19.3 Å². The van der Waals surface area contributed by atoms with Crippen LogP contribution in [0.4, 0.5) is 0 Å². The molecule has 0 aromatic heterocycles. The fourth-order valence-corrected chi connectivity index (χ4v) is 2.86. The van der Waals surface area contributed by atoms with Crippen molar-refractivity contribution >= 4 is 5.97 Å². The van der Waals surface area contributed by atoms with E-state index in [1.165, 1.54) is 0 Å². The largest absolute Gasteiger partial charge is 0.462 e. The smallest absolute Gasteiger partial charge is 0.306 e. The van der Waals surface area contributed by atoms with E-state index in [-0.39, 0.29) is 18.4 Å². The van der Waals surface area contributed by atoms with Crippen LogP contribution in [-0.2, 0) is 19.0 Å². The zero-order chi connectivity index (χ0) is 9.54. The van der Waals surface area contributed by atoms with Crippen molar-refractivity contribution in [3.05, 3.63) is 0 Å². The summed E-state index contributed by atoms with van der Waals surface area (Å²) in [6.45, 7) is 1.38. The predicted octanol–water partition coefficient (Wildman–Crippen LogP) is 0.701. The molecule has 0 radical (unpaired) electrons. The lowest BCUT2D eigenvalue weighted by Crippen LogP contribution is -2.26. The Bertz CT molecular complexity index is 247. The summed E-state index contributed by atoms with van der Waals surface area (Å²) in [4.78, 5) is 11.1. The molecule has 4 heteroatoms. The molecule has 0 aromatic carbocycles. The van der Waals surface area contributed by atoms with Gasteiger partial charge in [0.25, 0.3) is 0 Å². The molecule has 1 saturated carbocycles. The van der Waals surface area contributed by atoms with Crippen LogP contribution in [-0.4, -0.2) is 31.6 Å². The van der Waals surface area contributed by atoms with Gasteiger partial charge in [-0.05, 0) is 12.8 Å². The van der Waals surface area contributed by atoms with E-state index in [4.69, 9.17) is 14.2 Å². The molecule has 78 valence electrons. The van der Waals surface area contributed by atoms with E-state index in [0.29, 0.717) is 31.5 Å². The fraction of sp³-hybridized carbons (Fsp3) is 0.900. The van der Waals surface area contributed by atoms with Crippen LogP contribution in [0, 0.1) is 11.8 Å². The highest BCUT2D eigenvalue weighted by molar-refractivity contribution is 5.72. The van der Waals surface area contributed by atoms with Crippen LogP contribution in [0.15, 0.2) is 0 Å². The molecule has 0 amide bonds. The summed E-state index contributed by atoms with van der Waals surface area (Å²) in [6.07, 6.45) is 2.65. The molecule has 1 aliphatic carbocycles. The van der Waals surface area contributed by atoms with Crippen molar-refractivity contribution in [1.82, 2.24) is 0 Å². The van der Waals surface area contributed by atoms with Gasteiger partial charge in [-0.3, -0.25) is 4.79 Å². The second-order valence-corrected chi connectivity index (χ2v) is 4.25. The summed E-state index contributed by atoms with van der Waals surface area (Å²) >= 11 is 0. The Kier molecular flexibility index (Phi) is 1.99. The Morgan fingerprint density at radius 3 is 2.64 bits per heavy atom. The SMILES string of the molecule is O=C1C[C@H]2[C@H](CC[C@@H]2C2OCCO2)O1. The van der Waals surface area contributed by atoms with E-state index in [1.807, 2.05) is 0 Å². The number of rotatable bonds is 1. The fourth-order valence-electron chi connectivity index (χ4n) is 2.86. The van der Waals surface area contributed by atoms with E-state index < -0.39 is 0 Å². The number of hydrogen-bond donors (Lipinski definition) is 0. The molecule has 2 aliphatic heterocycles. The van der Waals surface area contributed by atoms with Crippen LogP contribution in [0.5, 0.6) is 0 Å². The molecule has 0 spiro atoms. The molecule has 3 aliphatic rings. The van der Waals surface area contributed by atoms with Crippen molar-refractivity contribution in [2.45, 2.75) is 31.7 Å². The van der Waals surface area contributed by atoms with Crippen molar-refractivity contribution in [3.63, 3.8) is 0 Å². The second kappa shape index (κ2) is 3.21. The lowest BCUT2D eigenvalue weighted by molar-refractivity contribution is -0.141. The van der Waals surface area contributed by atoms with Crippen molar-refractivity contribution in [1.29, 1.82) is 0 Å². The third kappa shape index (κ3) is 1.25. The number of ether oxygens (including phenoxy) is 3. The van der Waals surface area contributed by atoms with Gasteiger partial charge in [-0.25, -0.2) is 0 Å². The van der Waals surface area contributed by atoms with Gasteiger partial charge in [0, 0.05) is 11.8 Å². The van der Waals surface area contributed by atoms with Gasteiger partial charge >= 0.3 is 5.97 Å². The maximum atomic E-state index is 11.1. The molecule has 3 fully saturated rings. The normalized spacial score (nSPS) is 42.9. The molecule has 0 N–H and O–H groups in total. The first-order chi connectivity index (χ1) is 6.84. The molecule has 2 saturated heterocycles. The average molecular weight is 198 g/mol. The minimum absolute atomic E-state index is 0.0531. The number of carbonyl (C=O) groups is 1. The van der Waals surface area contributed by atoms with Crippen molar-refractivity contribution < 1.29 is 19.0 Å². The lowest BCUT2D eigenvalue weighted by atomic mass is 9.93. The average Bonchev–Trinajstić information content (AvgIpc) is 2.77. The van der Waals surface area contributed by atoms with Gasteiger partial charge in [0.2, 0.25) is 0 Å². The first-order valence-corrected chi connectivity index (χ1v) is 5.27. The summed E-state index contributed by atoms with van der Waals surface area (Å²) in [5.74, 6) is 0.655. The Balaban J connectivity index is 1.72. The van der Waals surface area contributed by atoms with Gasteiger partial charge in [0.1, 0.15) is 6.10 Å². The summed E-state index contributed by atoms with van der Waals surface area (Å²) in [5.41, 5.74) is 0. The molecule has 0 bridgehead atoms. The quantitative estimate of drug-likeness (QED) is 0.582. The highest BCUT2D eigenvalue weighted by atomic mass is 16.7. The first kappa shape index (κ1) is 8.68. The summed E-state index contributed by atoms with van der Waals surface area (Å²) in [7, 11) is 0. The zero-order valence-electron chi connectivity index (χ0n) is 7.98. The van der Waals surface area contributed by atoms with E-state index in [9.17, 15) is 4.79 Å². The van der Waals surface area contributed by atoms with Gasteiger partial charge in [0.05, 0.1) is 19.6 Å². The zero-order valence-corrected chi connectivity index (χ0v) is 7.98. The lowest BCUT2D eigenvalue weighted by Gasteiger charge is -2.21. The Morgan fingerprint density at radius 2 is 1.86 bits per heavy atom. The molecule has 14 heavy (non-hydrogen) atoms. The van der Waals surface area contributed by atoms with E-state index in [1.54, 1.807) is 0 Å². The van der Waals surface area contributed by atoms with Crippen molar-refractivity contribution in [2.24, 2.45) is 11.8 Å². The number of fused-ring (bicyclic) bond motifs is 1. The van der Waals surface area contributed by atoms with Gasteiger partial charge in [-0.15, -0.1) is 0 Å². The standard InChI is InChI=1S/C10H14O4/c11-9-5-7-6(1-2-8(7)14-9)10-12-3-4-13-10/h6-8,10H,1-5H2/t6-,7+,8-/m0/s1. The first-order valence-electron chi connectivity index (χ1n) is 5.27. The van der Waals surface area contributed by atoms with Crippen LogP contribution in [0.2, 0.25) is 0 Å². The molecule has 3 atom stereocenters. The minimum atomic E-state index is -0.0838. The minimum Gasteiger partial charge on any atom is -0.462 e. The van der Waals surface area contributed by atoms with Gasteiger partial charge in [-0.2, -0.15) is 0 Å². The van der Waals surface area contributed by atoms with Crippen LogP contribution < -0.4 is 0 Å². The van der Waals surface area contributed by atoms with Crippen LogP contribution in [0.25, 0.3) is 0 Å². The molecule has 2 heterocycles. The van der Waals surface area contributed by atoms with E-state index in [0.717, 1.165) is 12.8 Å². The van der Waals surface area contributed by atoms with Crippen LogP contribution in [0.3, 0.4) is 0 Å².